The normalized spacial score (nSPS) is 10.7. The highest BCUT2D eigenvalue weighted by Gasteiger charge is 2.05. The van der Waals surface area contributed by atoms with Crippen molar-refractivity contribution in [3.8, 4) is 0 Å². The number of hydrogen-bond donors (Lipinski definition) is 0. The van der Waals surface area contributed by atoms with Gasteiger partial charge in [0.15, 0.2) is 0 Å². The van der Waals surface area contributed by atoms with Crippen molar-refractivity contribution in [2.75, 3.05) is 0 Å². The molecule has 0 saturated carbocycles. The Bertz CT molecular complexity index is 195. The number of nitrogens with zero attached hydrogens (tertiary/aromatic N) is 1. The molecule has 50 valence electrons. The first kappa shape index (κ1) is 7.03. The van der Waals surface area contributed by atoms with E-state index < -0.39 is 0 Å². The Labute approximate surface area is 63.8 Å². The highest BCUT2D eigenvalue weighted by Crippen LogP contribution is 2.26. The van der Waals surface area contributed by atoms with Gasteiger partial charge in [-0.15, -0.1) is 0 Å². The number of rotatable bonds is 1. The van der Waals surface area contributed by atoms with Crippen molar-refractivity contribution in [1.82, 2.24) is 4.37 Å². The van der Waals surface area contributed by atoms with Crippen LogP contribution in [-0.2, 0) is 0 Å². The second-order valence-corrected chi connectivity index (χ2v) is 3.43. The van der Waals surface area contributed by atoms with Crippen molar-refractivity contribution < 1.29 is 0 Å². The van der Waals surface area contributed by atoms with Crippen LogP contribution in [0.4, 0.5) is 0 Å². The Morgan fingerprint density at radius 2 is 2.33 bits per heavy atom. The van der Waals surface area contributed by atoms with Crippen LogP contribution in [0, 0.1) is 0 Å². The average molecular weight is 162 g/mol. The van der Waals surface area contributed by atoms with Crippen LogP contribution in [0.5, 0.6) is 0 Å². The Hall–Kier alpha value is -0.0800. The highest BCUT2D eigenvalue weighted by molar-refractivity contribution is 7.06. The minimum atomic E-state index is 0.505. The summed E-state index contributed by atoms with van der Waals surface area (Å²) in [7, 11) is 0. The van der Waals surface area contributed by atoms with Crippen molar-refractivity contribution >= 4 is 23.1 Å². The molecule has 0 amide bonds. The maximum Gasteiger partial charge on any atom is 0.0748 e. The van der Waals surface area contributed by atoms with E-state index in [9.17, 15) is 0 Å². The Balaban J connectivity index is 2.94. The predicted molar refractivity (Wildman–Crippen MR) is 41.2 cm³/mol. The predicted octanol–water partition coefficient (Wildman–Crippen LogP) is 2.92. The smallest absolute Gasteiger partial charge is 0.0748 e. The zero-order valence-electron chi connectivity index (χ0n) is 5.39. The molecule has 0 bridgehead atoms. The van der Waals surface area contributed by atoms with Crippen molar-refractivity contribution in [1.29, 1.82) is 0 Å². The first-order chi connectivity index (χ1) is 4.22. The van der Waals surface area contributed by atoms with E-state index in [2.05, 4.69) is 18.2 Å². The standard InChI is InChI=1S/C6H8ClNS/c1-4(2)6-5(7)3-8-9-6/h3-4H,1-2H3. The van der Waals surface area contributed by atoms with Crippen LogP contribution in [0.1, 0.15) is 24.6 Å². The summed E-state index contributed by atoms with van der Waals surface area (Å²) < 4.78 is 3.95. The van der Waals surface area contributed by atoms with E-state index >= 15 is 0 Å². The molecular formula is C6H8ClNS. The summed E-state index contributed by atoms with van der Waals surface area (Å²) in [5.74, 6) is 0.505. The van der Waals surface area contributed by atoms with Crippen molar-refractivity contribution in [2.24, 2.45) is 0 Å². The van der Waals surface area contributed by atoms with Gasteiger partial charge in [-0.2, -0.15) is 4.37 Å². The third-order valence-electron chi connectivity index (χ3n) is 1.08. The molecule has 0 atom stereocenters. The van der Waals surface area contributed by atoms with Crippen LogP contribution in [-0.4, -0.2) is 4.37 Å². The Morgan fingerprint density at radius 1 is 1.67 bits per heavy atom. The van der Waals surface area contributed by atoms with Gasteiger partial charge in [0.25, 0.3) is 0 Å². The molecule has 0 aliphatic rings. The summed E-state index contributed by atoms with van der Waals surface area (Å²) in [6.45, 7) is 4.22. The molecule has 0 aliphatic heterocycles. The molecule has 0 aromatic carbocycles. The second kappa shape index (κ2) is 2.67. The molecule has 3 heteroatoms. The number of halogens is 1. The number of aromatic nitrogens is 1. The van der Waals surface area contributed by atoms with Gasteiger partial charge in [-0.25, -0.2) is 0 Å². The topological polar surface area (TPSA) is 12.9 Å². The van der Waals surface area contributed by atoms with Gasteiger partial charge < -0.3 is 0 Å². The minimum Gasteiger partial charge on any atom is -0.199 e. The SMILES string of the molecule is CC(C)c1sncc1Cl. The van der Waals surface area contributed by atoms with Gasteiger partial charge in [-0.3, -0.25) is 0 Å². The molecule has 0 radical (unpaired) electrons. The fraction of sp³-hybridized carbons (Fsp3) is 0.500. The molecule has 1 aromatic heterocycles. The third-order valence-corrected chi connectivity index (χ3v) is 2.59. The van der Waals surface area contributed by atoms with E-state index in [1.165, 1.54) is 16.4 Å². The zero-order chi connectivity index (χ0) is 6.85. The van der Waals surface area contributed by atoms with Crippen LogP contribution in [0.3, 0.4) is 0 Å². The summed E-state index contributed by atoms with van der Waals surface area (Å²) in [5, 5.41) is 0.801. The lowest BCUT2D eigenvalue weighted by atomic mass is 10.2. The van der Waals surface area contributed by atoms with E-state index in [0.29, 0.717) is 5.92 Å². The first-order valence-corrected chi connectivity index (χ1v) is 3.97. The molecule has 1 aromatic rings. The lowest BCUT2D eigenvalue weighted by Gasteiger charge is -1.97. The molecule has 0 aliphatic carbocycles. The quantitative estimate of drug-likeness (QED) is 0.617. The van der Waals surface area contributed by atoms with Crippen LogP contribution >= 0.6 is 23.1 Å². The zero-order valence-corrected chi connectivity index (χ0v) is 6.96. The average Bonchev–Trinajstić information content (AvgIpc) is 2.13. The maximum absolute atomic E-state index is 5.78. The van der Waals surface area contributed by atoms with E-state index in [4.69, 9.17) is 11.6 Å². The van der Waals surface area contributed by atoms with Gasteiger partial charge >= 0.3 is 0 Å². The molecule has 1 rings (SSSR count). The van der Waals surface area contributed by atoms with Gasteiger partial charge in [-0.1, -0.05) is 25.4 Å². The molecule has 1 heterocycles. The molecular weight excluding hydrogens is 154 g/mol. The van der Waals surface area contributed by atoms with Crippen molar-refractivity contribution in [2.45, 2.75) is 19.8 Å². The van der Waals surface area contributed by atoms with E-state index in [0.717, 1.165) is 5.02 Å². The van der Waals surface area contributed by atoms with E-state index in [1.807, 2.05) is 0 Å². The molecule has 9 heavy (non-hydrogen) atoms. The molecule has 0 spiro atoms. The number of hydrogen-bond acceptors (Lipinski definition) is 2. The second-order valence-electron chi connectivity index (χ2n) is 2.19. The summed E-state index contributed by atoms with van der Waals surface area (Å²) in [5.41, 5.74) is 0. The fourth-order valence-electron chi connectivity index (χ4n) is 0.618. The first-order valence-electron chi connectivity index (χ1n) is 2.82. The largest absolute Gasteiger partial charge is 0.199 e. The van der Waals surface area contributed by atoms with Gasteiger partial charge in [0, 0.05) is 4.88 Å². The minimum absolute atomic E-state index is 0.505. The molecule has 1 nitrogen and oxygen atoms in total. The van der Waals surface area contributed by atoms with Crippen molar-refractivity contribution in [3.63, 3.8) is 0 Å². The molecule has 0 saturated heterocycles. The van der Waals surface area contributed by atoms with E-state index in [1.54, 1.807) is 6.20 Å². The third kappa shape index (κ3) is 1.43. The Kier molecular flexibility index (Phi) is 2.09. The summed E-state index contributed by atoms with van der Waals surface area (Å²) in [4.78, 5) is 1.18. The molecule has 0 N–H and O–H groups in total. The van der Waals surface area contributed by atoms with Crippen LogP contribution < -0.4 is 0 Å². The highest BCUT2D eigenvalue weighted by atomic mass is 35.5. The monoisotopic (exact) mass is 161 g/mol. The van der Waals surface area contributed by atoms with Gasteiger partial charge in [0.1, 0.15) is 0 Å². The van der Waals surface area contributed by atoms with Gasteiger partial charge in [0.05, 0.1) is 11.2 Å². The van der Waals surface area contributed by atoms with Crippen LogP contribution in [0.2, 0.25) is 5.02 Å². The molecule has 0 unspecified atom stereocenters. The van der Waals surface area contributed by atoms with Crippen molar-refractivity contribution in [3.05, 3.63) is 16.1 Å². The summed E-state index contributed by atoms with van der Waals surface area (Å²) >= 11 is 7.26. The lowest BCUT2D eigenvalue weighted by molar-refractivity contribution is 0.890. The summed E-state index contributed by atoms with van der Waals surface area (Å²) in [6, 6.07) is 0. The molecule has 0 fully saturated rings. The van der Waals surface area contributed by atoms with Crippen LogP contribution in [0.25, 0.3) is 0 Å². The maximum atomic E-state index is 5.78. The Morgan fingerprint density at radius 3 is 2.56 bits per heavy atom. The fourth-order valence-corrected chi connectivity index (χ4v) is 1.67. The van der Waals surface area contributed by atoms with Crippen LogP contribution in [0.15, 0.2) is 6.20 Å². The summed E-state index contributed by atoms with van der Waals surface area (Å²) in [6.07, 6.45) is 1.70. The van der Waals surface area contributed by atoms with Gasteiger partial charge in [-0.05, 0) is 17.5 Å². The van der Waals surface area contributed by atoms with Gasteiger partial charge in [0.2, 0.25) is 0 Å². The van der Waals surface area contributed by atoms with E-state index in [-0.39, 0.29) is 0 Å². The lowest BCUT2D eigenvalue weighted by Crippen LogP contribution is -1.79.